The lowest BCUT2D eigenvalue weighted by molar-refractivity contribution is -0.140. The van der Waals surface area contributed by atoms with Gasteiger partial charge < -0.3 is 19.7 Å². The number of carbonyl (C=O) groups is 2. The highest BCUT2D eigenvalue weighted by molar-refractivity contribution is 7.92. The zero-order valence-electron chi connectivity index (χ0n) is 22.6. The van der Waals surface area contributed by atoms with Gasteiger partial charge in [-0.2, -0.15) is 0 Å². The van der Waals surface area contributed by atoms with E-state index in [0.717, 1.165) is 11.8 Å². The van der Waals surface area contributed by atoms with Crippen LogP contribution in [0, 0.1) is 5.92 Å². The van der Waals surface area contributed by atoms with Gasteiger partial charge in [0.1, 0.15) is 17.5 Å². The Balaban J connectivity index is 2.17. The molecule has 0 saturated heterocycles. The number of anilines is 1. The van der Waals surface area contributed by atoms with Gasteiger partial charge in [0, 0.05) is 26.1 Å². The zero-order chi connectivity index (χ0) is 27.6. The molecule has 10 heteroatoms. The number of nitrogens with one attached hydrogen (secondary N) is 1. The average molecular weight is 534 g/mol. The number of rotatable bonds is 14. The van der Waals surface area contributed by atoms with Crippen molar-refractivity contribution in [3.05, 3.63) is 54.1 Å². The van der Waals surface area contributed by atoms with Gasteiger partial charge in [0.05, 0.1) is 26.2 Å². The van der Waals surface area contributed by atoms with Crippen LogP contribution >= 0.6 is 0 Å². The molecule has 1 N–H and O–H groups in total. The van der Waals surface area contributed by atoms with Crippen LogP contribution in [0.3, 0.4) is 0 Å². The second-order valence-electron chi connectivity index (χ2n) is 9.32. The van der Waals surface area contributed by atoms with Crippen LogP contribution in [-0.4, -0.2) is 64.7 Å². The summed E-state index contributed by atoms with van der Waals surface area (Å²) in [6.07, 6.45) is 1.50. The number of hydrogen-bond acceptors (Lipinski definition) is 6. The van der Waals surface area contributed by atoms with Gasteiger partial charge in [0.15, 0.2) is 0 Å². The molecule has 1 atom stereocenters. The summed E-state index contributed by atoms with van der Waals surface area (Å²) in [6.45, 7) is 6.56. The summed E-state index contributed by atoms with van der Waals surface area (Å²) in [4.78, 5) is 27.7. The van der Waals surface area contributed by atoms with Crippen molar-refractivity contribution in [2.75, 3.05) is 37.9 Å². The predicted molar refractivity (Wildman–Crippen MR) is 145 cm³/mol. The number of methoxy groups -OCH3 is 2. The average Bonchev–Trinajstić information content (AvgIpc) is 2.87. The summed E-state index contributed by atoms with van der Waals surface area (Å²) in [5, 5.41) is 2.90. The Labute approximate surface area is 220 Å². The lowest BCUT2D eigenvalue weighted by Gasteiger charge is -2.30. The van der Waals surface area contributed by atoms with Gasteiger partial charge >= 0.3 is 0 Å². The fourth-order valence-electron chi connectivity index (χ4n) is 3.75. The van der Waals surface area contributed by atoms with E-state index in [4.69, 9.17) is 9.47 Å². The molecule has 37 heavy (non-hydrogen) atoms. The Kier molecular flexibility index (Phi) is 11.2. The highest BCUT2D eigenvalue weighted by atomic mass is 32.2. The molecule has 0 aromatic heterocycles. The fraction of sp³-hybridized carbons (Fsp3) is 0.481. The number of carbonyl (C=O) groups excluding carboxylic acids is 2. The first-order chi connectivity index (χ1) is 17.5. The molecule has 0 radical (unpaired) electrons. The minimum Gasteiger partial charge on any atom is -0.497 e. The largest absolute Gasteiger partial charge is 0.497 e. The highest BCUT2D eigenvalue weighted by Crippen LogP contribution is 2.22. The number of benzene rings is 2. The fourth-order valence-corrected chi connectivity index (χ4v) is 4.72. The molecule has 2 aromatic carbocycles. The molecule has 0 spiro atoms. The summed E-state index contributed by atoms with van der Waals surface area (Å²) in [7, 11) is -0.460. The number of ether oxygens (including phenoxy) is 2. The second-order valence-corrected chi connectivity index (χ2v) is 11.2. The van der Waals surface area contributed by atoms with Gasteiger partial charge in [-0.05, 0) is 61.2 Å². The maximum absolute atomic E-state index is 13.4. The van der Waals surface area contributed by atoms with Crippen molar-refractivity contribution in [1.82, 2.24) is 10.2 Å². The summed E-state index contributed by atoms with van der Waals surface area (Å²) in [6, 6.07) is 13.3. The minimum atomic E-state index is -3.57. The molecule has 0 heterocycles. The van der Waals surface area contributed by atoms with E-state index in [1.807, 2.05) is 38.1 Å². The number of hydrogen-bond donors (Lipinski definition) is 1. The predicted octanol–water partition coefficient (Wildman–Crippen LogP) is 3.44. The summed E-state index contributed by atoms with van der Waals surface area (Å²) < 4.78 is 36.6. The molecular weight excluding hydrogens is 494 g/mol. The van der Waals surface area contributed by atoms with E-state index >= 15 is 0 Å². The van der Waals surface area contributed by atoms with E-state index in [9.17, 15) is 18.0 Å². The smallest absolute Gasteiger partial charge is 0.242 e. The van der Waals surface area contributed by atoms with E-state index in [0.29, 0.717) is 23.7 Å². The van der Waals surface area contributed by atoms with Crippen LogP contribution in [0.5, 0.6) is 11.5 Å². The molecule has 0 unspecified atom stereocenters. The van der Waals surface area contributed by atoms with Crippen molar-refractivity contribution in [1.29, 1.82) is 0 Å². The minimum absolute atomic E-state index is 0.0773. The van der Waals surface area contributed by atoms with Crippen LogP contribution in [0.15, 0.2) is 48.5 Å². The molecule has 9 nitrogen and oxygen atoms in total. The van der Waals surface area contributed by atoms with E-state index in [2.05, 4.69) is 5.32 Å². The third-order valence-corrected chi connectivity index (χ3v) is 7.05. The monoisotopic (exact) mass is 533 g/mol. The van der Waals surface area contributed by atoms with Crippen molar-refractivity contribution < 1.29 is 27.5 Å². The van der Waals surface area contributed by atoms with Gasteiger partial charge in [-0.1, -0.05) is 26.0 Å². The van der Waals surface area contributed by atoms with Crippen molar-refractivity contribution in [3.8, 4) is 11.5 Å². The first kappa shape index (κ1) is 30.0. The number of nitrogens with zero attached hydrogens (tertiary/aromatic N) is 2. The molecular formula is C27H39N3O6S. The standard InChI is InChI=1S/C27H39N3O6S/c1-20(2)18-28-27(32)21(3)29(19-22-9-7-10-25(17-22)36-5)26(31)11-8-16-30(37(6,33)34)23-12-14-24(35-4)15-13-23/h7,9-10,12-15,17,20-21H,8,11,16,18-19H2,1-6H3,(H,28,32)/t21-/m1/s1. The Morgan fingerprint density at radius 3 is 2.19 bits per heavy atom. The SMILES string of the molecule is COc1ccc(N(CCCC(=O)N(Cc2cccc(OC)c2)[C@H](C)C(=O)NCC(C)C)S(C)(=O)=O)cc1. The van der Waals surface area contributed by atoms with Crippen LogP contribution in [0.4, 0.5) is 5.69 Å². The second kappa shape index (κ2) is 13.9. The molecule has 2 amide bonds. The molecule has 0 bridgehead atoms. The molecule has 0 saturated carbocycles. The molecule has 204 valence electrons. The summed E-state index contributed by atoms with van der Waals surface area (Å²) in [5.74, 6) is 1.08. The maximum atomic E-state index is 13.4. The van der Waals surface area contributed by atoms with Gasteiger partial charge in [-0.3, -0.25) is 13.9 Å². The molecule has 2 aromatic rings. The van der Waals surface area contributed by atoms with Crippen LogP contribution in [0.2, 0.25) is 0 Å². The van der Waals surface area contributed by atoms with Crippen molar-refractivity contribution in [3.63, 3.8) is 0 Å². The summed E-state index contributed by atoms with van der Waals surface area (Å²) in [5.41, 5.74) is 1.32. The molecule has 0 fully saturated rings. The summed E-state index contributed by atoms with van der Waals surface area (Å²) >= 11 is 0. The van der Waals surface area contributed by atoms with Gasteiger partial charge in [-0.15, -0.1) is 0 Å². The number of amides is 2. The molecule has 0 aliphatic carbocycles. The third kappa shape index (κ3) is 9.27. The Morgan fingerprint density at radius 1 is 0.973 bits per heavy atom. The van der Waals surface area contributed by atoms with Gasteiger partial charge in [0.25, 0.3) is 0 Å². The van der Waals surface area contributed by atoms with Crippen molar-refractivity contribution in [2.24, 2.45) is 5.92 Å². The quantitative estimate of drug-likeness (QED) is 0.399. The van der Waals surface area contributed by atoms with E-state index in [1.165, 1.54) is 16.3 Å². The van der Waals surface area contributed by atoms with Gasteiger partial charge in [0.2, 0.25) is 21.8 Å². The Hall–Kier alpha value is -3.27. The van der Waals surface area contributed by atoms with Crippen LogP contribution in [0.1, 0.15) is 39.2 Å². The Morgan fingerprint density at radius 2 is 1.62 bits per heavy atom. The van der Waals surface area contributed by atoms with Crippen molar-refractivity contribution >= 4 is 27.5 Å². The highest BCUT2D eigenvalue weighted by Gasteiger charge is 2.27. The van der Waals surface area contributed by atoms with Gasteiger partial charge in [-0.25, -0.2) is 8.42 Å². The first-order valence-electron chi connectivity index (χ1n) is 12.3. The molecule has 0 aliphatic heterocycles. The van der Waals surface area contributed by atoms with E-state index in [1.54, 1.807) is 38.3 Å². The third-order valence-electron chi connectivity index (χ3n) is 5.85. The van der Waals surface area contributed by atoms with Crippen LogP contribution in [0.25, 0.3) is 0 Å². The number of sulfonamides is 1. The zero-order valence-corrected chi connectivity index (χ0v) is 23.4. The van der Waals surface area contributed by atoms with Crippen LogP contribution < -0.4 is 19.1 Å². The Bertz CT molecular complexity index is 1140. The maximum Gasteiger partial charge on any atom is 0.242 e. The van der Waals surface area contributed by atoms with E-state index in [-0.39, 0.29) is 43.7 Å². The first-order valence-corrected chi connectivity index (χ1v) is 14.1. The lowest BCUT2D eigenvalue weighted by atomic mass is 10.1. The normalized spacial score (nSPS) is 12.1. The molecule has 2 rings (SSSR count). The van der Waals surface area contributed by atoms with Crippen molar-refractivity contribution in [2.45, 2.75) is 46.2 Å². The topological polar surface area (TPSA) is 105 Å². The molecule has 0 aliphatic rings. The van der Waals surface area contributed by atoms with Crippen LogP contribution in [-0.2, 0) is 26.2 Å². The lowest BCUT2D eigenvalue weighted by Crippen LogP contribution is -2.48. The van der Waals surface area contributed by atoms with E-state index < -0.39 is 16.1 Å².